The molecule has 0 aliphatic rings. The molecule has 0 fully saturated rings. The normalized spacial score (nSPS) is 14.6. The quantitative estimate of drug-likeness (QED) is 0.896. The fourth-order valence-corrected chi connectivity index (χ4v) is 2.58. The van der Waals surface area contributed by atoms with E-state index in [9.17, 15) is 0 Å². The van der Waals surface area contributed by atoms with Crippen molar-refractivity contribution in [3.8, 4) is 0 Å². The molecule has 0 spiro atoms. The standard InChI is InChI=1S/C16H22N2O/c1-12-5-4-6-15(9-12)16(13(2)17)18(3)10-14-7-8-19-11-14/h4-9,11,13,16H,10,17H2,1-3H3. The summed E-state index contributed by atoms with van der Waals surface area (Å²) >= 11 is 0. The van der Waals surface area contributed by atoms with Gasteiger partial charge in [-0.25, -0.2) is 0 Å². The smallest absolute Gasteiger partial charge is 0.0947 e. The first-order valence-electron chi connectivity index (χ1n) is 6.61. The van der Waals surface area contributed by atoms with Crippen molar-refractivity contribution in [3.05, 3.63) is 59.5 Å². The molecule has 0 aliphatic carbocycles. The summed E-state index contributed by atoms with van der Waals surface area (Å²) in [6.45, 7) is 4.99. The Morgan fingerprint density at radius 2 is 2.11 bits per heavy atom. The highest BCUT2D eigenvalue weighted by Crippen LogP contribution is 2.24. The zero-order chi connectivity index (χ0) is 13.8. The van der Waals surface area contributed by atoms with E-state index in [0.29, 0.717) is 0 Å². The lowest BCUT2D eigenvalue weighted by Crippen LogP contribution is -2.36. The van der Waals surface area contributed by atoms with Crippen molar-refractivity contribution >= 4 is 0 Å². The number of benzene rings is 1. The van der Waals surface area contributed by atoms with Crippen LogP contribution in [-0.2, 0) is 6.54 Å². The van der Waals surface area contributed by atoms with Gasteiger partial charge in [0.05, 0.1) is 12.5 Å². The fraction of sp³-hybridized carbons (Fsp3) is 0.375. The zero-order valence-electron chi connectivity index (χ0n) is 11.8. The number of nitrogens with two attached hydrogens (primary N) is 1. The molecule has 3 heteroatoms. The molecule has 0 amide bonds. The van der Waals surface area contributed by atoms with Crippen LogP contribution in [0.4, 0.5) is 0 Å². The highest BCUT2D eigenvalue weighted by Gasteiger charge is 2.21. The second-order valence-electron chi connectivity index (χ2n) is 5.26. The molecule has 1 heterocycles. The Bertz CT molecular complexity index is 505. The molecule has 2 atom stereocenters. The molecule has 3 nitrogen and oxygen atoms in total. The van der Waals surface area contributed by atoms with Gasteiger partial charge in [-0.2, -0.15) is 0 Å². The first-order valence-corrected chi connectivity index (χ1v) is 6.61. The first-order chi connectivity index (χ1) is 9.08. The molecular formula is C16H22N2O. The third-order valence-electron chi connectivity index (χ3n) is 3.37. The van der Waals surface area contributed by atoms with Crippen molar-refractivity contribution in [1.29, 1.82) is 0 Å². The highest BCUT2D eigenvalue weighted by atomic mass is 16.3. The monoisotopic (exact) mass is 258 g/mol. The van der Waals surface area contributed by atoms with Crippen LogP contribution in [-0.4, -0.2) is 18.0 Å². The number of furan rings is 1. The molecule has 2 rings (SSSR count). The van der Waals surface area contributed by atoms with Crippen molar-refractivity contribution in [2.24, 2.45) is 5.73 Å². The molecular weight excluding hydrogens is 236 g/mol. The van der Waals surface area contributed by atoms with Crippen LogP contribution in [0.2, 0.25) is 0 Å². The fourth-order valence-electron chi connectivity index (χ4n) is 2.58. The Balaban J connectivity index is 2.20. The molecule has 2 unspecified atom stereocenters. The lowest BCUT2D eigenvalue weighted by molar-refractivity contribution is 0.210. The number of hydrogen-bond acceptors (Lipinski definition) is 3. The van der Waals surface area contributed by atoms with Crippen molar-refractivity contribution in [3.63, 3.8) is 0 Å². The van der Waals surface area contributed by atoms with Crippen molar-refractivity contribution < 1.29 is 4.42 Å². The third kappa shape index (κ3) is 3.46. The summed E-state index contributed by atoms with van der Waals surface area (Å²) in [6.07, 6.45) is 3.49. The van der Waals surface area contributed by atoms with Crippen LogP contribution >= 0.6 is 0 Å². The van der Waals surface area contributed by atoms with E-state index >= 15 is 0 Å². The van der Waals surface area contributed by atoms with Crippen molar-refractivity contribution in [2.75, 3.05) is 7.05 Å². The molecule has 2 N–H and O–H groups in total. The van der Waals surface area contributed by atoms with Crippen molar-refractivity contribution in [2.45, 2.75) is 32.5 Å². The molecule has 0 bridgehead atoms. The zero-order valence-corrected chi connectivity index (χ0v) is 11.8. The summed E-state index contributed by atoms with van der Waals surface area (Å²) in [4.78, 5) is 2.27. The number of rotatable bonds is 5. The molecule has 0 saturated heterocycles. The highest BCUT2D eigenvalue weighted by molar-refractivity contribution is 5.26. The average Bonchev–Trinajstić information content (AvgIpc) is 2.81. The van der Waals surface area contributed by atoms with Crippen LogP contribution in [0.1, 0.15) is 29.7 Å². The van der Waals surface area contributed by atoms with Crippen LogP contribution in [0, 0.1) is 6.92 Å². The molecule has 102 valence electrons. The minimum Gasteiger partial charge on any atom is -0.472 e. The van der Waals surface area contributed by atoms with Gasteiger partial charge in [-0.1, -0.05) is 29.8 Å². The maximum Gasteiger partial charge on any atom is 0.0947 e. The second-order valence-corrected chi connectivity index (χ2v) is 5.26. The van der Waals surface area contributed by atoms with E-state index in [1.807, 2.05) is 6.07 Å². The molecule has 0 aliphatic heterocycles. The first kappa shape index (κ1) is 13.8. The summed E-state index contributed by atoms with van der Waals surface area (Å²) in [6, 6.07) is 10.8. The van der Waals surface area contributed by atoms with Gasteiger partial charge in [0.2, 0.25) is 0 Å². The van der Waals surface area contributed by atoms with Gasteiger partial charge < -0.3 is 10.2 Å². The van der Waals surface area contributed by atoms with Gasteiger partial charge in [-0.05, 0) is 32.5 Å². The average molecular weight is 258 g/mol. The van der Waals surface area contributed by atoms with E-state index in [1.54, 1.807) is 12.5 Å². The largest absolute Gasteiger partial charge is 0.472 e. The Morgan fingerprint density at radius 3 is 2.68 bits per heavy atom. The number of nitrogens with zero attached hydrogens (tertiary/aromatic N) is 1. The van der Waals surface area contributed by atoms with Crippen LogP contribution in [0.5, 0.6) is 0 Å². The van der Waals surface area contributed by atoms with Gasteiger partial charge in [-0.3, -0.25) is 4.90 Å². The van der Waals surface area contributed by atoms with Gasteiger partial charge in [0.25, 0.3) is 0 Å². The molecule has 1 aromatic heterocycles. The summed E-state index contributed by atoms with van der Waals surface area (Å²) in [5.41, 5.74) is 9.88. The summed E-state index contributed by atoms with van der Waals surface area (Å²) in [5, 5.41) is 0. The number of aryl methyl sites for hydroxylation is 1. The Morgan fingerprint density at radius 1 is 1.32 bits per heavy atom. The number of hydrogen-bond donors (Lipinski definition) is 1. The molecule has 1 aromatic carbocycles. The van der Waals surface area contributed by atoms with Gasteiger partial charge >= 0.3 is 0 Å². The lowest BCUT2D eigenvalue weighted by atomic mass is 9.97. The van der Waals surface area contributed by atoms with Crippen molar-refractivity contribution in [1.82, 2.24) is 4.90 Å². The Kier molecular flexibility index (Phi) is 4.40. The third-order valence-corrected chi connectivity index (χ3v) is 3.37. The SMILES string of the molecule is Cc1cccc(C(C(C)N)N(C)Cc2ccoc2)c1. The number of likely N-dealkylation sites (N-methyl/N-ethyl adjacent to an activating group) is 1. The molecule has 0 radical (unpaired) electrons. The predicted molar refractivity (Wildman–Crippen MR) is 77.7 cm³/mol. The van der Waals surface area contributed by atoms with Gasteiger partial charge in [0.1, 0.15) is 0 Å². The molecule has 19 heavy (non-hydrogen) atoms. The van der Waals surface area contributed by atoms with E-state index in [-0.39, 0.29) is 12.1 Å². The van der Waals surface area contributed by atoms with Gasteiger partial charge in [-0.15, -0.1) is 0 Å². The minimum atomic E-state index is 0.0682. The van der Waals surface area contributed by atoms with E-state index in [4.69, 9.17) is 10.2 Å². The topological polar surface area (TPSA) is 42.4 Å². The van der Waals surface area contributed by atoms with Gasteiger partial charge in [0, 0.05) is 24.2 Å². The molecule has 2 aromatic rings. The summed E-state index contributed by atoms with van der Waals surface area (Å²) in [7, 11) is 2.10. The van der Waals surface area contributed by atoms with E-state index < -0.39 is 0 Å². The van der Waals surface area contributed by atoms with E-state index in [0.717, 1.165) is 6.54 Å². The molecule has 0 saturated carbocycles. The van der Waals surface area contributed by atoms with Crippen LogP contribution in [0.15, 0.2) is 47.3 Å². The van der Waals surface area contributed by atoms with E-state index in [1.165, 1.54) is 16.7 Å². The van der Waals surface area contributed by atoms with Gasteiger partial charge in [0.15, 0.2) is 0 Å². The maximum absolute atomic E-state index is 6.18. The van der Waals surface area contributed by atoms with Crippen LogP contribution in [0.3, 0.4) is 0 Å². The maximum atomic E-state index is 6.18. The lowest BCUT2D eigenvalue weighted by Gasteiger charge is -2.31. The predicted octanol–water partition coefficient (Wildman–Crippen LogP) is 3.11. The van der Waals surface area contributed by atoms with E-state index in [2.05, 4.69) is 50.1 Å². The summed E-state index contributed by atoms with van der Waals surface area (Å²) < 4.78 is 5.12. The Hall–Kier alpha value is -1.58. The Labute approximate surface area is 115 Å². The summed E-state index contributed by atoms with van der Waals surface area (Å²) in [5.74, 6) is 0. The minimum absolute atomic E-state index is 0.0682. The second kappa shape index (κ2) is 6.04. The van der Waals surface area contributed by atoms with Crippen LogP contribution < -0.4 is 5.73 Å². The van der Waals surface area contributed by atoms with Crippen LogP contribution in [0.25, 0.3) is 0 Å².